The smallest absolute Gasteiger partial charge is 0.235 e. The van der Waals surface area contributed by atoms with Gasteiger partial charge in [-0.2, -0.15) is 0 Å². The number of anilines is 1. The summed E-state index contributed by atoms with van der Waals surface area (Å²) in [4.78, 5) is 17.2. The van der Waals surface area contributed by atoms with Gasteiger partial charge >= 0.3 is 0 Å². The monoisotopic (exact) mass is 326 g/mol. The third-order valence-electron chi connectivity index (χ3n) is 4.59. The fraction of sp³-hybridized carbons (Fsp3) is 0.368. The summed E-state index contributed by atoms with van der Waals surface area (Å²) in [5, 5.41) is 3.00. The second-order valence-electron chi connectivity index (χ2n) is 6.10. The zero-order valence-corrected chi connectivity index (χ0v) is 14.0. The Kier molecular flexibility index (Phi) is 4.81. The van der Waals surface area contributed by atoms with Gasteiger partial charge in [0.2, 0.25) is 11.8 Å². The lowest BCUT2D eigenvalue weighted by Gasteiger charge is -2.36. The Balaban J connectivity index is 1.87. The van der Waals surface area contributed by atoms with E-state index in [-0.39, 0.29) is 5.91 Å². The van der Waals surface area contributed by atoms with Crippen LogP contribution in [-0.2, 0) is 14.9 Å². The minimum absolute atomic E-state index is 0.0124. The molecule has 1 saturated heterocycles. The standard InChI is InChI=1S/C19H22N2O3/c1-14-3-5-15(6-4-14)19(9-11-24-12-10-19)18(22)21-16-7-8-17(23-2)20-13-16/h3-8,13H,9-12H2,1-2H3,(H,21,22). The van der Waals surface area contributed by atoms with E-state index >= 15 is 0 Å². The number of hydrogen-bond donors (Lipinski definition) is 1. The highest BCUT2D eigenvalue weighted by Crippen LogP contribution is 2.36. The van der Waals surface area contributed by atoms with Crippen molar-refractivity contribution in [2.24, 2.45) is 0 Å². The molecule has 0 spiro atoms. The number of carbonyl (C=O) groups is 1. The van der Waals surface area contributed by atoms with Crippen LogP contribution in [0.25, 0.3) is 0 Å². The Hall–Kier alpha value is -2.40. The number of nitrogens with one attached hydrogen (secondary N) is 1. The van der Waals surface area contributed by atoms with Gasteiger partial charge in [-0.05, 0) is 31.4 Å². The van der Waals surface area contributed by atoms with Gasteiger partial charge in [0.15, 0.2) is 0 Å². The summed E-state index contributed by atoms with van der Waals surface area (Å²) in [5.74, 6) is 0.508. The summed E-state index contributed by atoms with van der Waals surface area (Å²) in [6.45, 7) is 3.22. The largest absolute Gasteiger partial charge is 0.481 e. The van der Waals surface area contributed by atoms with E-state index in [1.807, 2.05) is 19.1 Å². The minimum atomic E-state index is -0.564. The number of benzene rings is 1. The summed E-state index contributed by atoms with van der Waals surface area (Å²) < 4.78 is 10.5. The summed E-state index contributed by atoms with van der Waals surface area (Å²) in [6.07, 6.45) is 2.95. The molecule has 0 saturated carbocycles. The lowest BCUT2D eigenvalue weighted by molar-refractivity contribution is -0.125. The molecule has 0 atom stereocenters. The first kappa shape index (κ1) is 16.5. The van der Waals surface area contributed by atoms with Crippen molar-refractivity contribution in [3.05, 3.63) is 53.7 Å². The third-order valence-corrected chi connectivity index (χ3v) is 4.59. The van der Waals surface area contributed by atoms with Crippen LogP contribution in [0.1, 0.15) is 24.0 Å². The van der Waals surface area contributed by atoms with E-state index in [0.29, 0.717) is 37.6 Å². The summed E-state index contributed by atoms with van der Waals surface area (Å²) in [6, 6.07) is 11.7. The van der Waals surface area contributed by atoms with Crippen molar-refractivity contribution < 1.29 is 14.3 Å². The lowest BCUT2D eigenvalue weighted by atomic mass is 9.73. The lowest BCUT2D eigenvalue weighted by Crippen LogP contribution is -2.44. The number of rotatable bonds is 4. The van der Waals surface area contributed by atoms with Gasteiger partial charge in [-0.15, -0.1) is 0 Å². The molecule has 5 nitrogen and oxygen atoms in total. The first-order valence-electron chi connectivity index (χ1n) is 8.10. The molecule has 3 rings (SSSR count). The van der Waals surface area contributed by atoms with Crippen LogP contribution in [0.2, 0.25) is 0 Å². The molecule has 1 aliphatic rings. The van der Waals surface area contributed by atoms with E-state index in [1.54, 1.807) is 25.4 Å². The molecule has 1 aromatic carbocycles. The van der Waals surface area contributed by atoms with Crippen molar-refractivity contribution in [3.63, 3.8) is 0 Å². The first-order valence-corrected chi connectivity index (χ1v) is 8.10. The van der Waals surface area contributed by atoms with Crippen LogP contribution in [0.15, 0.2) is 42.6 Å². The number of carbonyl (C=O) groups excluding carboxylic acids is 1. The highest BCUT2D eigenvalue weighted by atomic mass is 16.5. The number of aryl methyl sites for hydroxylation is 1. The van der Waals surface area contributed by atoms with Crippen LogP contribution in [-0.4, -0.2) is 31.2 Å². The van der Waals surface area contributed by atoms with Crippen LogP contribution < -0.4 is 10.1 Å². The molecule has 1 aliphatic heterocycles. The van der Waals surface area contributed by atoms with Crippen LogP contribution in [0.4, 0.5) is 5.69 Å². The number of aromatic nitrogens is 1. The van der Waals surface area contributed by atoms with Crippen molar-refractivity contribution in [2.75, 3.05) is 25.6 Å². The Labute approximate surface area is 142 Å². The fourth-order valence-electron chi connectivity index (χ4n) is 3.07. The SMILES string of the molecule is COc1ccc(NC(=O)C2(c3ccc(C)cc3)CCOCC2)cn1. The molecule has 0 aliphatic carbocycles. The van der Waals surface area contributed by atoms with Gasteiger partial charge in [0.25, 0.3) is 0 Å². The molecule has 2 heterocycles. The predicted molar refractivity (Wildman–Crippen MR) is 92.3 cm³/mol. The molecule has 1 fully saturated rings. The number of hydrogen-bond acceptors (Lipinski definition) is 4. The fourth-order valence-corrected chi connectivity index (χ4v) is 3.07. The average molecular weight is 326 g/mol. The van der Waals surface area contributed by atoms with Gasteiger partial charge in [-0.1, -0.05) is 29.8 Å². The Morgan fingerprint density at radius 1 is 1.17 bits per heavy atom. The zero-order chi connectivity index (χ0) is 17.0. The summed E-state index contributed by atoms with van der Waals surface area (Å²) in [7, 11) is 1.56. The number of nitrogens with zero attached hydrogens (tertiary/aromatic N) is 1. The maximum absolute atomic E-state index is 13.1. The van der Waals surface area contributed by atoms with Crippen LogP contribution >= 0.6 is 0 Å². The molecule has 1 aromatic heterocycles. The minimum Gasteiger partial charge on any atom is -0.481 e. The first-order chi connectivity index (χ1) is 11.6. The van der Waals surface area contributed by atoms with Crippen LogP contribution in [0.3, 0.4) is 0 Å². The van der Waals surface area contributed by atoms with Gasteiger partial charge in [0, 0.05) is 19.3 Å². The zero-order valence-electron chi connectivity index (χ0n) is 14.0. The maximum Gasteiger partial charge on any atom is 0.235 e. The number of ether oxygens (including phenoxy) is 2. The Bertz CT molecular complexity index is 690. The van der Waals surface area contributed by atoms with E-state index in [0.717, 1.165) is 5.56 Å². The topological polar surface area (TPSA) is 60.5 Å². The van der Waals surface area contributed by atoms with Gasteiger partial charge in [0.1, 0.15) is 0 Å². The molecule has 24 heavy (non-hydrogen) atoms. The third kappa shape index (κ3) is 3.26. The van der Waals surface area contributed by atoms with Gasteiger partial charge < -0.3 is 14.8 Å². The highest BCUT2D eigenvalue weighted by Gasteiger charge is 2.41. The quantitative estimate of drug-likeness (QED) is 0.938. The molecular formula is C19H22N2O3. The molecule has 1 N–H and O–H groups in total. The molecule has 0 unspecified atom stereocenters. The van der Waals surface area contributed by atoms with Crippen molar-refractivity contribution in [1.29, 1.82) is 0 Å². The molecule has 5 heteroatoms. The van der Waals surface area contributed by atoms with Gasteiger partial charge in [-0.25, -0.2) is 4.98 Å². The van der Waals surface area contributed by atoms with E-state index in [4.69, 9.17) is 9.47 Å². The van der Waals surface area contributed by atoms with Crippen molar-refractivity contribution in [2.45, 2.75) is 25.2 Å². The maximum atomic E-state index is 13.1. The van der Waals surface area contributed by atoms with Crippen LogP contribution in [0.5, 0.6) is 5.88 Å². The second kappa shape index (κ2) is 7.01. The van der Waals surface area contributed by atoms with Gasteiger partial charge in [-0.3, -0.25) is 4.79 Å². The number of methoxy groups -OCH3 is 1. The van der Waals surface area contributed by atoms with E-state index in [1.165, 1.54) is 5.56 Å². The van der Waals surface area contributed by atoms with Crippen molar-refractivity contribution in [3.8, 4) is 5.88 Å². The van der Waals surface area contributed by atoms with Crippen molar-refractivity contribution >= 4 is 11.6 Å². The number of pyridine rings is 1. The van der Waals surface area contributed by atoms with E-state index in [2.05, 4.69) is 22.4 Å². The van der Waals surface area contributed by atoms with E-state index in [9.17, 15) is 4.79 Å². The summed E-state index contributed by atoms with van der Waals surface area (Å²) in [5.41, 5.74) is 2.32. The highest BCUT2D eigenvalue weighted by molar-refractivity contribution is 5.99. The molecule has 126 valence electrons. The molecule has 2 aromatic rings. The second-order valence-corrected chi connectivity index (χ2v) is 6.10. The molecule has 1 amide bonds. The average Bonchev–Trinajstić information content (AvgIpc) is 2.63. The Morgan fingerprint density at radius 3 is 2.46 bits per heavy atom. The Morgan fingerprint density at radius 2 is 1.88 bits per heavy atom. The van der Waals surface area contributed by atoms with Crippen LogP contribution in [0, 0.1) is 6.92 Å². The number of amides is 1. The summed E-state index contributed by atoms with van der Waals surface area (Å²) >= 11 is 0. The van der Waals surface area contributed by atoms with E-state index < -0.39 is 5.41 Å². The van der Waals surface area contributed by atoms with Crippen molar-refractivity contribution in [1.82, 2.24) is 4.98 Å². The molecular weight excluding hydrogens is 304 g/mol. The van der Waals surface area contributed by atoms with Gasteiger partial charge in [0.05, 0.1) is 24.4 Å². The molecule has 0 radical (unpaired) electrons. The predicted octanol–water partition coefficient (Wildman–Crippen LogP) is 3.09. The normalized spacial score (nSPS) is 16.4. The molecule has 0 bridgehead atoms.